The van der Waals surface area contributed by atoms with Crippen molar-refractivity contribution >= 4 is 48.5 Å². The molecule has 1 aromatic heterocycles. The van der Waals surface area contributed by atoms with Crippen LogP contribution in [0.5, 0.6) is 0 Å². The molecule has 8 atom stereocenters. The Balaban J connectivity index is 1.47. The van der Waals surface area contributed by atoms with Crippen LogP contribution in [-0.4, -0.2) is 77.8 Å². The Hall–Kier alpha value is -3.85. The summed E-state index contributed by atoms with van der Waals surface area (Å²) in [7, 11) is 0. The number of fused-ring (bicyclic) bond motifs is 2. The first-order valence-corrected chi connectivity index (χ1v) is 16.4. The number of hydrazine groups is 1. The Kier molecular flexibility index (Phi) is 8.02. The van der Waals surface area contributed by atoms with Crippen molar-refractivity contribution in [3.63, 3.8) is 0 Å². The minimum atomic E-state index is -1.37. The van der Waals surface area contributed by atoms with Crippen LogP contribution in [0.1, 0.15) is 63.7 Å². The highest BCUT2D eigenvalue weighted by atomic mass is 32.1. The van der Waals surface area contributed by atoms with Crippen molar-refractivity contribution < 1.29 is 39.2 Å². The van der Waals surface area contributed by atoms with E-state index in [1.54, 1.807) is 19.1 Å². The second kappa shape index (κ2) is 11.4. The quantitative estimate of drug-likeness (QED) is 0.0879. The monoisotopic (exact) mass is 667 g/mol. The fourth-order valence-corrected chi connectivity index (χ4v) is 8.15. The minimum Gasteiger partial charge on any atom is -0.481 e. The molecule has 47 heavy (non-hydrogen) atoms. The average molecular weight is 668 g/mol. The van der Waals surface area contributed by atoms with Crippen LogP contribution in [-0.2, 0) is 23.9 Å². The number of aliphatic hydroxyl groups excluding tert-OH is 1. The van der Waals surface area contributed by atoms with E-state index in [-0.39, 0.29) is 42.5 Å². The number of aromatic amines is 1. The Morgan fingerprint density at radius 3 is 2.49 bits per heavy atom. The maximum Gasteiger partial charge on any atom is 0.306 e. The standard InChI is InChI=1S/C33H41N5O8S/c1-6-19-30(45)36-33(31(19,5)46-33)14-22-17(4)28(25(39)12-27(42)43)23(34-22)13-32-20(7-8-26(40)41)16(3)24(38(32)37-32)11-21-18(9-10-47)15(2)29(44)35-21/h6,11,13-15,18-19,21,25,34,37,39,47H,1,7-10,12H2,2-5H3,(H,35,44)(H,36,45)(H,40,41)(H,42,43)/b22-14-,23-13-,24-11+/t15-,18-,19?,21?,25+,31+,32+,33+,38?/m1/s1. The van der Waals surface area contributed by atoms with Crippen LogP contribution in [0, 0.1) is 24.7 Å². The predicted octanol–water partition coefficient (Wildman–Crippen LogP) is 0.475. The zero-order chi connectivity index (χ0) is 34.2. The number of nitrogens with one attached hydrogen (secondary N) is 4. The third-order valence-corrected chi connectivity index (χ3v) is 10.9. The molecule has 0 aliphatic carbocycles. The summed E-state index contributed by atoms with van der Waals surface area (Å²) in [4.78, 5) is 52.0. The molecule has 0 radical (unpaired) electrons. The molecular formula is C33H41N5O8S. The number of carboxylic acids is 2. The molecule has 0 bridgehead atoms. The van der Waals surface area contributed by atoms with Crippen LogP contribution >= 0.6 is 12.6 Å². The molecule has 14 heteroatoms. The number of carbonyl (C=O) groups excluding carboxylic acids is 2. The van der Waals surface area contributed by atoms with Crippen molar-refractivity contribution in [3.8, 4) is 0 Å². The molecule has 4 saturated heterocycles. The van der Waals surface area contributed by atoms with E-state index in [2.05, 4.69) is 40.3 Å². The van der Waals surface area contributed by atoms with E-state index in [1.807, 2.05) is 37.9 Å². The lowest BCUT2D eigenvalue weighted by molar-refractivity contribution is -0.139. The largest absolute Gasteiger partial charge is 0.481 e. The van der Waals surface area contributed by atoms with Gasteiger partial charge in [-0.2, -0.15) is 18.1 Å². The van der Waals surface area contributed by atoms with E-state index in [9.17, 15) is 34.5 Å². The number of carboxylic acid groups (broad SMARTS) is 2. The average Bonchev–Trinajstić information content (AvgIpc) is 3.67. The second-order valence-electron chi connectivity index (χ2n) is 13.3. The summed E-state index contributed by atoms with van der Waals surface area (Å²) in [6.07, 6.45) is 6.05. The number of nitrogens with zero attached hydrogens (tertiary/aromatic N) is 1. The number of H-pyrrole nitrogens is 1. The van der Waals surface area contributed by atoms with Gasteiger partial charge in [-0.05, 0) is 80.2 Å². The molecule has 5 aliphatic heterocycles. The highest BCUT2D eigenvalue weighted by molar-refractivity contribution is 7.80. The first-order valence-electron chi connectivity index (χ1n) is 15.8. The molecule has 6 rings (SSSR count). The number of rotatable bonds is 12. The molecule has 2 unspecified atom stereocenters. The third kappa shape index (κ3) is 5.12. The van der Waals surface area contributed by atoms with Crippen molar-refractivity contribution in [3.05, 3.63) is 57.4 Å². The molecule has 0 saturated carbocycles. The predicted molar refractivity (Wildman–Crippen MR) is 173 cm³/mol. The number of aliphatic hydroxyl groups is 1. The first kappa shape index (κ1) is 33.1. The zero-order valence-electron chi connectivity index (χ0n) is 26.7. The van der Waals surface area contributed by atoms with Gasteiger partial charge in [0.1, 0.15) is 5.60 Å². The highest BCUT2D eigenvalue weighted by Crippen LogP contribution is 2.57. The number of ether oxygens (including phenoxy) is 1. The molecule has 252 valence electrons. The number of allylic oxidation sites excluding steroid dienone is 1. The lowest BCUT2D eigenvalue weighted by Gasteiger charge is -2.18. The fourth-order valence-electron chi connectivity index (χ4n) is 7.85. The number of epoxide rings is 1. The molecule has 2 amide bonds. The number of aromatic nitrogens is 1. The van der Waals surface area contributed by atoms with E-state index < -0.39 is 47.4 Å². The van der Waals surface area contributed by atoms with Gasteiger partial charge in [-0.25, -0.2) is 0 Å². The van der Waals surface area contributed by atoms with Gasteiger partial charge in [-0.1, -0.05) is 13.0 Å². The van der Waals surface area contributed by atoms with E-state index in [0.29, 0.717) is 27.6 Å². The number of amides is 2. The smallest absolute Gasteiger partial charge is 0.306 e. The Bertz CT molecular complexity index is 1780. The van der Waals surface area contributed by atoms with Crippen LogP contribution in [0.15, 0.2) is 35.6 Å². The summed E-state index contributed by atoms with van der Waals surface area (Å²) >= 11 is 4.40. The number of hydrogen-bond acceptors (Lipinski definition) is 9. The van der Waals surface area contributed by atoms with Crippen molar-refractivity contribution in [2.45, 2.75) is 82.5 Å². The van der Waals surface area contributed by atoms with Gasteiger partial charge in [0.05, 0.1) is 30.2 Å². The number of aliphatic carboxylic acids is 2. The third-order valence-electron chi connectivity index (χ3n) is 10.6. The highest BCUT2D eigenvalue weighted by Gasteiger charge is 2.76. The minimum absolute atomic E-state index is 0.0308. The summed E-state index contributed by atoms with van der Waals surface area (Å²) < 4.78 is 6.03. The van der Waals surface area contributed by atoms with Crippen LogP contribution in [0.4, 0.5) is 0 Å². The summed E-state index contributed by atoms with van der Waals surface area (Å²) in [6.45, 7) is 11.2. The SMILES string of the molecule is C=CC1C(=O)N[C@@]2(/C=c3\[nH]/c(=C\[C@]45NN4/C(=C/C4NC(=O)[C@H](C)[C@H]4CCS)C(C)=C5CCC(=O)O)c([C@@H](O)CC(=O)O)c3C)O[C@@]12C. The first-order chi connectivity index (χ1) is 22.1. The summed E-state index contributed by atoms with van der Waals surface area (Å²) in [5.41, 5.74) is 3.89. The topological polar surface area (TPSA) is 206 Å². The lowest BCUT2D eigenvalue weighted by atomic mass is 9.88. The van der Waals surface area contributed by atoms with Crippen molar-refractivity contribution in [2.75, 3.05) is 5.75 Å². The van der Waals surface area contributed by atoms with E-state index >= 15 is 0 Å². The van der Waals surface area contributed by atoms with Crippen LogP contribution in [0.2, 0.25) is 0 Å². The summed E-state index contributed by atoms with van der Waals surface area (Å²) in [5, 5.41) is 39.2. The van der Waals surface area contributed by atoms with Gasteiger partial charge in [-0.15, -0.1) is 6.58 Å². The van der Waals surface area contributed by atoms with Crippen molar-refractivity contribution in [1.82, 2.24) is 26.1 Å². The molecule has 1 aromatic rings. The van der Waals surface area contributed by atoms with E-state index in [0.717, 1.165) is 23.3 Å². The lowest BCUT2D eigenvalue weighted by Crippen LogP contribution is -2.34. The number of carbonyl (C=O) groups is 4. The maximum absolute atomic E-state index is 12.6. The van der Waals surface area contributed by atoms with Crippen LogP contribution in [0.25, 0.3) is 12.2 Å². The van der Waals surface area contributed by atoms with Gasteiger partial charge >= 0.3 is 11.9 Å². The zero-order valence-corrected chi connectivity index (χ0v) is 27.6. The van der Waals surface area contributed by atoms with E-state index in [1.165, 1.54) is 0 Å². The fraction of sp³-hybridized carbons (Fsp3) is 0.515. The molecule has 4 fully saturated rings. The van der Waals surface area contributed by atoms with Gasteiger partial charge in [0, 0.05) is 28.6 Å². The Labute approximate surface area is 276 Å². The van der Waals surface area contributed by atoms with Gasteiger partial charge in [0.15, 0.2) is 11.4 Å². The molecule has 5 aliphatic rings. The van der Waals surface area contributed by atoms with E-state index in [4.69, 9.17) is 4.74 Å². The summed E-state index contributed by atoms with van der Waals surface area (Å²) in [5.74, 6) is -2.47. The molecule has 13 nitrogen and oxygen atoms in total. The van der Waals surface area contributed by atoms with Crippen LogP contribution < -0.4 is 26.8 Å². The normalized spacial score (nSPS) is 36.0. The van der Waals surface area contributed by atoms with Crippen molar-refractivity contribution in [2.24, 2.45) is 17.8 Å². The Morgan fingerprint density at radius 2 is 1.87 bits per heavy atom. The number of thiol groups is 1. The maximum atomic E-state index is 12.6. The number of hydrogen-bond donors (Lipinski definition) is 8. The van der Waals surface area contributed by atoms with Gasteiger partial charge in [0.2, 0.25) is 11.8 Å². The second-order valence-corrected chi connectivity index (χ2v) is 13.7. The molecule has 0 aromatic carbocycles. The molecular weight excluding hydrogens is 626 g/mol. The van der Waals surface area contributed by atoms with Crippen LogP contribution in [0.3, 0.4) is 0 Å². The van der Waals surface area contributed by atoms with Gasteiger partial charge in [-0.3, -0.25) is 24.2 Å². The summed E-state index contributed by atoms with van der Waals surface area (Å²) in [6, 6.07) is -0.247. The molecule has 0 spiro atoms. The molecule has 6 heterocycles. The van der Waals surface area contributed by atoms with Gasteiger partial charge in [0.25, 0.3) is 0 Å². The Morgan fingerprint density at radius 1 is 1.15 bits per heavy atom. The van der Waals surface area contributed by atoms with Gasteiger partial charge < -0.3 is 35.7 Å². The van der Waals surface area contributed by atoms with Crippen molar-refractivity contribution in [1.29, 1.82) is 0 Å². The molecule has 7 N–H and O–H groups in total.